The maximum Gasteiger partial charge on any atom is 0.174 e. The van der Waals surface area contributed by atoms with Crippen molar-refractivity contribution in [3.63, 3.8) is 0 Å². The third kappa shape index (κ3) is 1.41. The number of carbonyl (C=O) groups is 1. The molecule has 0 aliphatic heterocycles. The summed E-state index contributed by atoms with van der Waals surface area (Å²) < 4.78 is 0.911. The lowest BCUT2D eigenvalue weighted by molar-refractivity contribution is -0.123. The van der Waals surface area contributed by atoms with Crippen LogP contribution in [0.15, 0.2) is 9.66 Å². The molecule has 1 nitrogen and oxygen atoms in total. The van der Waals surface area contributed by atoms with E-state index in [4.69, 9.17) is 0 Å². The van der Waals surface area contributed by atoms with Crippen molar-refractivity contribution >= 4 is 28.4 Å². The van der Waals surface area contributed by atoms with Gasteiger partial charge >= 0.3 is 0 Å². The average molecular weight is 250 g/mol. The van der Waals surface area contributed by atoms with Crippen molar-refractivity contribution in [3.8, 4) is 0 Å². The molecule has 0 radical (unpaired) electrons. The predicted molar refractivity (Wildman–Crippen MR) is 50.1 cm³/mol. The van der Waals surface area contributed by atoms with Gasteiger partial charge in [0.1, 0.15) is 0 Å². The van der Waals surface area contributed by atoms with E-state index in [-0.39, 0.29) is 5.41 Å². The summed E-state index contributed by atoms with van der Waals surface area (Å²) in [4.78, 5) is 11.4. The Morgan fingerprint density at radius 3 is 2.60 bits per heavy atom. The highest BCUT2D eigenvalue weighted by molar-refractivity contribution is 14.1. The monoisotopic (exact) mass is 250 g/mol. The Kier molecular flexibility index (Phi) is 2.18. The third-order valence-electron chi connectivity index (χ3n) is 1.92. The van der Waals surface area contributed by atoms with Crippen molar-refractivity contribution in [2.45, 2.75) is 26.7 Å². The van der Waals surface area contributed by atoms with Gasteiger partial charge < -0.3 is 0 Å². The molecule has 0 saturated heterocycles. The van der Waals surface area contributed by atoms with Crippen molar-refractivity contribution in [1.29, 1.82) is 0 Å². The molecule has 56 valence electrons. The SMILES string of the molecule is CC1(C)CCC=C(I)C1=O. The predicted octanol–water partition coefficient (Wildman–Crippen LogP) is 2.69. The first kappa shape index (κ1) is 8.24. The number of hydrogen-bond acceptors (Lipinski definition) is 1. The fourth-order valence-corrected chi connectivity index (χ4v) is 2.13. The van der Waals surface area contributed by atoms with Gasteiger partial charge in [-0.1, -0.05) is 19.9 Å². The Labute approximate surface area is 75.0 Å². The molecular formula is C8H11IO. The van der Waals surface area contributed by atoms with Crippen molar-refractivity contribution in [2.24, 2.45) is 5.41 Å². The van der Waals surface area contributed by atoms with Gasteiger partial charge in [-0.3, -0.25) is 4.79 Å². The van der Waals surface area contributed by atoms with Gasteiger partial charge in [-0.05, 0) is 35.4 Å². The standard InChI is InChI=1S/C8H11IO/c1-8(2)5-3-4-6(9)7(8)10/h4H,3,5H2,1-2H3. The zero-order chi connectivity index (χ0) is 7.78. The lowest BCUT2D eigenvalue weighted by Crippen LogP contribution is -2.26. The maximum atomic E-state index is 11.4. The average Bonchev–Trinajstić information content (AvgIpc) is 1.83. The molecule has 0 N–H and O–H groups in total. The minimum absolute atomic E-state index is 0.106. The summed E-state index contributed by atoms with van der Waals surface area (Å²) >= 11 is 2.12. The van der Waals surface area contributed by atoms with E-state index in [0.29, 0.717) is 5.78 Å². The van der Waals surface area contributed by atoms with Crippen LogP contribution in [0.25, 0.3) is 0 Å². The fraction of sp³-hybridized carbons (Fsp3) is 0.625. The Morgan fingerprint density at radius 2 is 2.20 bits per heavy atom. The molecule has 10 heavy (non-hydrogen) atoms. The van der Waals surface area contributed by atoms with Crippen molar-refractivity contribution in [2.75, 3.05) is 0 Å². The minimum Gasteiger partial charge on any atom is -0.293 e. The quantitative estimate of drug-likeness (QED) is 0.604. The highest BCUT2D eigenvalue weighted by Gasteiger charge is 2.31. The molecule has 0 amide bonds. The van der Waals surface area contributed by atoms with Crippen molar-refractivity contribution < 1.29 is 4.79 Å². The first-order valence-corrected chi connectivity index (χ1v) is 4.52. The van der Waals surface area contributed by atoms with Crippen LogP contribution in [0.3, 0.4) is 0 Å². The highest BCUT2D eigenvalue weighted by Crippen LogP contribution is 2.34. The number of allylic oxidation sites excluding steroid dienone is 2. The summed E-state index contributed by atoms with van der Waals surface area (Å²) in [6.07, 6.45) is 4.07. The second kappa shape index (κ2) is 2.64. The topological polar surface area (TPSA) is 17.1 Å². The second-order valence-electron chi connectivity index (χ2n) is 3.30. The van der Waals surface area contributed by atoms with Crippen LogP contribution in [0, 0.1) is 5.41 Å². The zero-order valence-corrected chi connectivity index (χ0v) is 8.44. The molecule has 1 aliphatic carbocycles. The second-order valence-corrected chi connectivity index (χ2v) is 4.47. The summed E-state index contributed by atoms with van der Waals surface area (Å²) in [6.45, 7) is 4.03. The molecular weight excluding hydrogens is 239 g/mol. The number of Topliss-reactive ketones (excluding diaryl/α,β-unsaturated/α-hetero) is 1. The van der Waals surface area contributed by atoms with Gasteiger partial charge in [0.2, 0.25) is 0 Å². The summed E-state index contributed by atoms with van der Waals surface area (Å²) in [5, 5.41) is 0. The molecule has 0 spiro atoms. The molecule has 1 aliphatic rings. The van der Waals surface area contributed by atoms with E-state index in [2.05, 4.69) is 22.6 Å². The van der Waals surface area contributed by atoms with Gasteiger partial charge in [0, 0.05) is 5.41 Å². The van der Waals surface area contributed by atoms with Gasteiger partial charge in [0.15, 0.2) is 5.78 Å². The van der Waals surface area contributed by atoms with E-state index in [1.54, 1.807) is 0 Å². The van der Waals surface area contributed by atoms with E-state index in [0.717, 1.165) is 16.4 Å². The first-order chi connectivity index (χ1) is 4.54. The van der Waals surface area contributed by atoms with Crippen LogP contribution in [-0.2, 0) is 4.79 Å². The van der Waals surface area contributed by atoms with Gasteiger partial charge in [-0.15, -0.1) is 0 Å². The molecule has 0 atom stereocenters. The van der Waals surface area contributed by atoms with Gasteiger partial charge in [-0.2, -0.15) is 0 Å². The smallest absolute Gasteiger partial charge is 0.174 e. The van der Waals surface area contributed by atoms with Crippen LogP contribution in [0.4, 0.5) is 0 Å². The molecule has 0 bridgehead atoms. The molecule has 0 aromatic heterocycles. The van der Waals surface area contributed by atoms with Crippen LogP contribution in [0.5, 0.6) is 0 Å². The Bertz CT molecular complexity index is 191. The fourth-order valence-electron chi connectivity index (χ4n) is 1.09. The normalized spacial score (nSPS) is 24.3. The van der Waals surface area contributed by atoms with Crippen molar-refractivity contribution in [3.05, 3.63) is 9.66 Å². The number of halogens is 1. The molecule has 0 unspecified atom stereocenters. The summed E-state index contributed by atoms with van der Waals surface area (Å²) in [6, 6.07) is 0. The molecule has 0 fully saturated rings. The van der Waals surface area contributed by atoms with Crippen LogP contribution in [0.1, 0.15) is 26.7 Å². The lowest BCUT2D eigenvalue weighted by atomic mass is 9.80. The van der Waals surface area contributed by atoms with Crippen LogP contribution < -0.4 is 0 Å². The number of hydrogen-bond donors (Lipinski definition) is 0. The maximum absolute atomic E-state index is 11.4. The largest absolute Gasteiger partial charge is 0.293 e. The molecule has 0 saturated carbocycles. The molecule has 0 aromatic rings. The Hall–Kier alpha value is 0.140. The summed E-state index contributed by atoms with van der Waals surface area (Å²) in [5.74, 6) is 0.305. The zero-order valence-electron chi connectivity index (χ0n) is 6.28. The Morgan fingerprint density at radius 1 is 1.60 bits per heavy atom. The third-order valence-corrected chi connectivity index (χ3v) is 2.85. The van der Waals surface area contributed by atoms with Gasteiger partial charge in [0.25, 0.3) is 0 Å². The van der Waals surface area contributed by atoms with E-state index in [1.165, 1.54) is 0 Å². The van der Waals surface area contributed by atoms with Crippen LogP contribution in [-0.4, -0.2) is 5.78 Å². The summed E-state index contributed by atoms with van der Waals surface area (Å²) in [5.41, 5.74) is -0.106. The van der Waals surface area contributed by atoms with Crippen molar-refractivity contribution in [1.82, 2.24) is 0 Å². The van der Waals surface area contributed by atoms with Gasteiger partial charge in [0.05, 0.1) is 3.58 Å². The molecule has 0 aromatic carbocycles. The molecule has 0 heterocycles. The van der Waals surface area contributed by atoms with Crippen LogP contribution >= 0.6 is 22.6 Å². The van der Waals surface area contributed by atoms with E-state index in [1.807, 2.05) is 19.9 Å². The van der Waals surface area contributed by atoms with Gasteiger partial charge in [-0.25, -0.2) is 0 Å². The number of rotatable bonds is 0. The number of carbonyl (C=O) groups excluding carboxylic acids is 1. The minimum atomic E-state index is -0.106. The molecule has 1 rings (SSSR count). The Balaban J connectivity index is 2.89. The number of ketones is 1. The first-order valence-electron chi connectivity index (χ1n) is 3.44. The highest BCUT2D eigenvalue weighted by atomic mass is 127. The van der Waals surface area contributed by atoms with E-state index < -0.39 is 0 Å². The van der Waals surface area contributed by atoms with E-state index in [9.17, 15) is 4.79 Å². The van der Waals surface area contributed by atoms with Crippen LogP contribution in [0.2, 0.25) is 0 Å². The summed E-state index contributed by atoms with van der Waals surface area (Å²) in [7, 11) is 0. The van der Waals surface area contributed by atoms with E-state index >= 15 is 0 Å². The molecule has 2 heteroatoms. The lowest BCUT2D eigenvalue weighted by Gasteiger charge is -2.25.